The Balaban J connectivity index is 3.12. The van der Waals surface area contributed by atoms with Crippen LogP contribution in [0.5, 0.6) is 0 Å². The van der Waals surface area contributed by atoms with E-state index in [1.165, 1.54) is 0 Å². The fourth-order valence-corrected chi connectivity index (χ4v) is 3.48. The second kappa shape index (κ2) is 5.62. The van der Waals surface area contributed by atoms with Crippen molar-refractivity contribution in [1.82, 2.24) is 4.98 Å². The minimum atomic E-state index is -2.06. The number of halogens is 2. The van der Waals surface area contributed by atoms with E-state index in [-0.39, 0.29) is 5.04 Å². The second-order valence-electron chi connectivity index (χ2n) is 6.59. The molecule has 1 aromatic heterocycles. The quantitative estimate of drug-likeness (QED) is 0.711. The van der Waals surface area contributed by atoms with Gasteiger partial charge in [-0.05, 0) is 37.2 Å². The van der Waals surface area contributed by atoms with E-state index in [0.717, 1.165) is 4.47 Å². The van der Waals surface area contributed by atoms with Gasteiger partial charge in [-0.25, -0.2) is 4.39 Å². The summed E-state index contributed by atoms with van der Waals surface area (Å²) < 4.78 is 20.8. The first kappa shape index (κ1) is 16.8. The molecule has 19 heavy (non-hydrogen) atoms. The zero-order valence-corrected chi connectivity index (χ0v) is 15.1. The molecule has 0 saturated carbocycles. The molecule has 0 radical (unpaired) electrons. The average molecular weight is 348 g/mol. The zero-order valence-electron chi connectivity index (χ0n) is 12.6. The van der Waals surface area contributed by atoms with Crippen LogP contribution in [-0.4, -0.2) is 20.0 Å². The molecule has 0 aliphatic rings. The number of pyridine rings is 1. The molecule has 1 atom stereocenters. The average Bonchev–Trinajstić information content (AvgIpc) is 2.26. The van der Waals surface area contributed by atoms with Crippen LogP contribution in [-0.2, 0) is 10.0 Å². The minimum absolute atomic E-state index is 0.0371. The van der Waals surface area contributed by atoms with Crippen molar-refractivity contribution in [1.29, 1.82) is 0 Å². The Bertz CT molecular complexity index is 447. The smallest absolute Gasteiger partial charge is 0.193 e. The van der Waals surface area contributed by atoms with Crippen molar-refractivity contribution in [3.63, 3.8) is 0 Å². The van der Waals surface area contributed by atoms with Gasteiger partial charge < -0.3 is 4.43 Å². The van der Waals surface area contributed by atoms with Crippen LogP contribution in [0.15, 0.2) is 22.8 Å². The van der Waals surface area contributed by atoms with Gasteiger partial charge >= 0.3 is 0 Å². The Labute approximate surface area is 125 Å². The Kier molecular flexibility index (Phi) is 4.97. The lowest BCUT2D eigenvalue weighted by atomic mass is 10.0. The van der Waals surface area contributed by atoms with Crippen molar-refractivity contribution < 1.29 is 8.82 Å². The summed E-state index contributed by atoms with van der Waals surface area (Å²) >= 11 is 3.40. The van der Waals surface area contributed by atoms with Gasteiger partial charge in [0, 0.05) is 10.7 Å². The highest BCUT2D eigenvalue weighted by molar-refractivity contribution is 9.10. The largest absolute Gasteiger partial charge is 0.403 e. The van der Waals surface area contributed by atoms with Gasteiger partial charge in [0.15, 0.2) is 8.32 Å². The summed E-state index contributed by atoms with van der Waals surface area (Å²) in [5.41, 5.74) is -0.346. The molecule has 0 amide bonds. The molecule has 0 N–H and O–H groups in total. The molecule has 0 bridgehead atoms. The van der Waals surface area contributed by atoms with Crippen molar-refractivity contribution in [2.75, 3.05) is 6.67 Å². The summed E-state index contributed by atoms with van der Waals surface area (Å²) in [6.45, 7) is 11.9. The molecule has 2 nitrogen and oxygen atoms in total. The Hall–Kier alpha value is -0.263. The van der Waals surface area contributed by atoms with E-state index in [4.69, 9.17) is 4.43 Å². The summed E-state index contributed by atoms with van der Waals surface area (Å²) in [6.07, 6.45) is 1.67. The van der Waals surface area contributed by atoms with E-state index in [1.807, 2.05) is 12.1 Å². The van der Waals surface area contributed by atoms with Gasteiger partial charge in [-0.15, -0.1) is 0 Å². The van der Waals surface area contributed by atoms with Crippen LogP contribution in [0.25, 0.3) is 0 Å². The fourth-order valence-electron chi connectivity index (χ4n) is 1.56. The predicted octanol–water partition coefficient (Wildman–Crippen LogP) is 5.05. The van der Waals surface area contributed by atoms with Gasteiger partial charge in [0.05, 0.1) is 5.69 Å². The molecule has 0 spiro atoms. The summed E-state index contributed by atoms with van der Waals surface area (Å²) in [4.78, 5) is 4.28. The molecule has 0 fully saturated rings. The van der Waals surface area contributed by atoms with Crippen LogP contribution in [0.2, 0.25) is 18.1 Å². The van der Waals surface area contributed by atoms with Gasteiger partial charge in [0.2, 0.25) is 0 Å². The summed E-state index contributed by atoms with van der Waals surface area (Å²) in [6, 6.07) is 3.65. The number of rotatable bonds is 4. The molecule has 1 heterocycles. The number of aromatic nitrogens is 1. The van der Waals surface area contributed by atoms with Crippen LogP contribution in [0.3, 0.4) is 0 Å². The molecule has 1 unspecified atom stereocenters. The number of alkyl halides is 1. The van der Waals surface area contributed by atoms with Crippen LogP contribution < -0.4 is 0 Å². The van der Waals surface area contributed by atoms with E-state index in [1.54, 1.807) is 13.1 Å². The SMILES string of the molecule is CC(CF)(O[Si](C)(C)C(C)(C)C)c1cc(Br)ccn1. The first-order valence-corrected chi connectivity index (χ1v) is 10.1. The molecule has 0 aliphatic heterocycles. The topological polar surface area (TPSA) is 22.1 Å². The van der Waals surface area contributed by atoms with Gasteiger partial charge in [0.25, 0.3) is 0 Å². The van der Waals surface area contributed by atoms with Gasteiger partial charge in [0.1, 0.15) is 12.3 Å². The van der Waals surface area contributed by atoms with Crippen LogP contribution in [0.4, 0.5) is 4.39 Å². The molecule has 108 valence electrons. The number of hydrogen-bond acceptors (Lipinski definition) is 2. The monoisotopic (exact) mass is 347 g/mol. The van der Waals surface area contributed by atoms with Crippen molar-refractivity contribution in [3.05, 3.63) is 28.5 Å². The van der Waals surface area contributed by atoms with E-state index < -0.39 is 20.6 Å². The summed E-state index contributed by atoms with van der Waals surface area (Å²) in [5.74, 6) is 0. The van der Waals surface area contributed by atoms with Crippen molar-refractivity contribution in [2.45, 2.75) is 51.4 Å². The van der Waals surface area contributed by atoms with Crippen LogP contribution in [0.1, 0.15) is 33.4 Å². The van der Waals surface area contributed by atoms with Gasteiger partial charge in [-0.3, -0.25) is 4.98 Å². The highest BCUT2D eigenvalue weighted by atomic mass is 79.9. The highest BCUT2D eigenvalue weighted by Crippen LogP contribution is 2.41. The summed E-state index contributed by atoms with van der Waals surface area (Å²) in [7, 11) is -2.06. The highest BCUT2D eigenvalue weighted by Gasteiger charge is 2.44. The maximum Gasteiger partial charge on any atom is 0.193 e. The molecular weight excluding hydrogens is 325 g/mol. The van der Waals surface area contributed by atoms with E-state index in [9.17, 15) is 4.39 Å². The minimum Gasteiger partial charge on any atom is -0.403 e. The number of nitrogens with zero attached hydrogens (tertiary/aromatic N) is 1. The molecule has 0 aromatic carbocycles. The third-order valence-corrected chi connectivity index (χ3v) is 8.87. The molecule has 1 rings (SSSR count). The number of hydrogen-bond donors (Lipinski definition) is 0. The first-order valence-electron chi connectivity index (χ1n) is 6.40. The first-order chi connectivity index (χ1) is 8.52. The molecular formula is C14H23BrFNOSi. The lowest BCUT2D eigenvalue weighted by Gasteiger charge is -2.42. The lowest BCUT2D eigenvalue weighted by Crippen LogP contribution is -2.48. The second-order valence-corrected chi connectivity index (χ2v) is 12.2. The van der Waals surface area contributed by atoms with Gasteiger partial charge in [-0.2, -0.15) is 0 Å². The third-order valence-electron chi connectivity index (χ3n) is 3.81. The molecule has 5 heteroatoms. The predicted molar refractivity (Wildman–Crippen MR) is 83.5 cm³/mol. The summed E-state index contributed by atoms with van der Waals surface area (Å²) in [5, 5.41) is 0.0371. The van der Waals surface area contributed by atoms with Crippen LogP contribution in [0, 0.1) is 0 Å². The molecule has 0 saturated heterocycles. The fraction of sp³-hybridized carbons (Fsp3) is 0.643. The standard InChI is InChI=1S/C14H23BrFNOSi/c1-13(2,3)19(5,6)18-14(4,10-16)12-9-11(15)7-8-17-12/h7-9H,10H2,1-6H3. The van der Waals surface area contributed by atoms with Gasteiger partial charge in [-0.1, -0.05) is 36.7 Å². The Morgan fingerprint density at radius 1 is 1.32 bits per heavy atom. The zero-order chi connectivity index (χ0) is 14.9. The molecule has 0 aliphatic carbocycles. The Morgan fingerprint density at radius 3 is 2.32 bits per heavy atom. The lowest BCUT2D eigenvalue weighted by molar-refractivity contribution is 0.0380. The normalized spacial score (nSPS) is 16.2. The maximum atomic E-state index is 13.6. The molecule has 1 aromatic rings. The van der Waals surface area contributed by atoms with Crippen molar-refractivity contribution >= 4 is 24.2 Å². The van der Waals surface area contributed by atoms with E-state index >= 15 is 0 Å². The van der Waals surface area contributed by atoms with Crippen LogP contribution >= 0.6 is 15.9 Å². The maximum absolute atomic E-state index is 13.6. The van der Waals surface area contributed by atoms with Crippen molar-refractivity contribution in [3.8, 4) is 0 Å². The Morgan fingerprint density at radius 2 is 1.89 bits per heavy atom. The van der Waals surface area contributed by atoms with E-state index in [0.29, 0.717) is 5.69 Å². The third kappa shape index (κ3) is 3.86. The van der Waals surface area contributed by atoms with E-state index in [2.05, 4.69) is 54.8 Å². The van der Waals surface area contributed by atoms with Crippen molar-refractivity contribution in [2.24, 2.45) is 0 Å².